The zero-order chi connectivity index (χ0) is 26.4. The number of hydrogen-bond donors (Lipinski definition) is 0. The second-order valence-corrected chi connectivity index (χ2v) is 9.50. The minimum atomic E-state index is 0.337. The maximum atomic E-state index is 11.1. The van der Waals surface area contributed by atoms with Crippen molar-refractivity contribution in [3.63, 3.8) is 0 Å². The van der Waals surface area contributed by atoms with Crippen molar-refractivity contribution in [1.29, 1.82) is 0 Å². The van der Waals surface area contributed by atoms with Gasteiger partial charge in [-0.15, -0.1) is 11.3 Å². The summed E-state index contributed by atoms with van der Waals surface area (Å²) in [5.41, 5.74) is 4.83. The summed E-state index contributed by atoms with van der Waals surface area (Å²) >= 11 is 1.69. The standard InChI is InChI=1S/C31H21N5O2S/c37-21-38-25-19-27(35-28(20-25)31-33-15-7-16-34-31)26-18-22(14-17-32-26)29-12-13-30(39-29)36(23-8-3-1-4-9-23)24-10-5-2-6-11-24/h1-21H. The molecule has 0 saturated carbocycles. The molecule has 2 aromatic carbocycles. The van der Waals surface area contributed by atoms with Gasteiger partial charge in [0.25, 0.3) is 6.47 Å². The van der Waals surface area contributed by atoms with E-state index >= 15 is 0 Å². The lowest BCUT2D eigenvalue weighted by Gasteiger charge is -2.23. The summed E-state index contributed by atoms with van der Waals surface area (Å²) in [5, 5.41) is 1.09. The van der Waals surface area contributed by atoms with E-state index in [0.29, 0.717) is 35.1 Å². The molecular formula is C31H21N5O2S. The number of hydrogen-bond acceptors (Lipinski definition) is 8. The van der Waals surface area contributed by atoms with Gasteiger partial charge in [-0.05, 0) is 60.2 Å². The number of benzene rings is 2. The Morgan fingerprint density at radius 1 is 0.667 bits per heavy atom. The van der Waals surface area contributed by atoms with Crippen molar-refractivity contribution in [2.75, 3.05) is 4.90 Å². The molecule has 0 fully saturated rings. The van der Waals surface area contributed by atoms with Gasteiger partial charge in [-0.1, -0.05) is 36.4 Å². The zero-order valence-electron chi connectivity index (χ0n) is 20.6. The van der Waals surface area contributed by atoms with Crippen LogP contribution >= 0.6 is 11.3 Å². The van der Waals surface area contributed by atoms with Gasteiger partial charge in [-0.2, -0.15) is 0 Å². The Labute approximate surface area is 229 Å². The third kappa shape index (κ3) is 5.27. The van der Waals surface area contributed by atoms with Gasteiger partial charge in [0, 0.05) is 47.0 Å². The Hall–Kier alpha value is -5.21. The highest BCUT2D eigenvalue weighted by molar-refractivity contribution is 7.19. The molecule has 0 saturated heterocycles. The first kappa shape index (κ1) is 24.1. The van der Waals surface area contributed by atoms with Gasteiger partial charge in [0.2, 0.25) is 0 Å². The van der Waals surface area contributed by atoms with E-state index in [-0.39, 0.29) is 0 Å². The second-order valence-electron chi connectivity index (χ2n) is 8.43. The summed E-state index contributed by atoms with van der Waals surface area (Å²) in [6, 6.07) is 33.8. The van der Waals surface area contributed by atoms with Crippen LogP contribution in [-0.2, 0) is 4.79 Å². The summed E-state index contributed by atoms with van der Waals surface area (Å²) in [4.78, 5) is 32.2. The molecule has 0 aliphatic rings. The van der Waals surface area contributed by atoms with E-state index in [1.807, 2.05) is 48.5 Å². The van der Waals surface area contributed by atoms with E-state index in [2.05, 4.69) is 56.3 Å². The van der Waals surface area contributed by atoms with Gasteiger partial charge in [0.15, 0.2) is 5.82 Å². The fourth-order valence-electron chi connectivity index (χ4n) is 4.19. The highest BCUT2D eigenvalue weighted by atomic mass is 32.1. The molecule has 0 unspecified atom stereocenters. The van der Waals surface area contributed by atoms with Crippen LogP contribution < -0.4 is 9.64 Å². The number of nitrogens with zero attached hydrogens (tertiary/aromatic N) is 5. The first-order valence-electron chi connectivity index (χ1n) is 12.2. The Bertz CT molecular complexity index is 1670. The van der Waals surface area contributed by atoms with Gasteiger partial charge < -0.3 is 9.64 Å². The Balaban J connectivity index is 1.38. The molecule has 0 N–H and O–H groups in total. The van der Waals surface area contributed by atoms with Crippen LogP contribution in [0.15, 0.2) is 122 Å². The lowest BCUT2D eigenvalue weighted by atomic mass is 10.1. The van der Waals surface area contributed by atoms with E-state index in [4.69, 9.17) is 9.72 Å². The summed E-state index contributed by atoms with van der Waals surface area (Å²) in [6.07, 6.45) is 5.03. The van der Waals surface area contributed by atoms with E-state index < -0.39 is 0 Å². The maximum absolute atomic E-state index is 11.1. The fourth-order valence-corrected chi connectivity index (χ4v) is 5.24. The predicted octanol–water partition coefficient (Wildman–Crippen LogP) is 7.33. The van der Waals surface area contributed by atoms with Crippen molar-refractivity contribution in [2.45, 2.75) is 0 Å². The van der Waals surface area contributed by atoms with E-state index in [0.717, 1.165) is 26.8 Å². The molecule has 0 amide bonds. The summed E-state index contributed by atoms with van der Waals surface area (Å²) < 4.78 is 5.15. The van der Waals surface area contributed by atoms with Crippen molar-refractivity contribution in [2.24, 2.45) is 0 Å². The molecule has 0 aliphatic heterocycles. The third-order valence-corrected chi connectivity index (χ3v) is 7.05. The number of ether oxygens (including phenoxy) is 1. The van der Waals surface area contributed by atoms with E-state index in [1.165, 1.54) is 0 Å². The molecule has 8 heteroatoms. The molecule has 188 valence electrons. The molecule has 6 aromatic rings. The number of pyridine rings is 2. The quantitative estimate of drug-likeness (QED) is 0.192. The van der Waals surface area contributed by atoms with Crippen LogP contribution in [0.4, 0.5) is 16.4 Å². The van der Waals surface area contributed by atoms with E-state index in [9.17, 15) is 4.79 Å². The maximum Gasteiger partial charge on any atom is 0.298 e. The van der Waals surface area contributed by atoms with Gasteiger partial charge in [-0.25, -0.2) is 15.0 Å². The van der Waals surface area contributed by atoms with Gasteiger partial charge in [0.05, 0.1) is 11.4 Å². The zero-order valence-corrected chi connectivity index (χ0v) is 21.4. The first-order chi connectivity index (χ1) is 19.3. The van der Waals surface area contributed by atoms with Crippen LogP contribution in [-0.4, -0.2) is 26.4 Å². The van der Waals surface area contributed by atoms with Crippen molar-refractivity contribution in [1.82, 2.24) is 19.9 Å². The van der Waals surface area contributed by atoms with Crippen molar-refractivity contribution in [3.8, 4) is 39.1 Å². The molecule has 4 heterocycles. The Kier molecular flexibility index (Phi) is 6.83. The Morgan fingerprint density at radius 3 is 2.05 bits per heavy atom. The SMILES string of the molecule is O=COc1cc(-c2cc(-c3ccc(N(c4ccccc4)c4ccccc4)s3)ccn2)nc(-c2ncccn2)c1. The minimum Gasteiger partial charge on any atom is -0.429 e. The molecule has 4 aromatic heterocycles. The summed E-state index contributed by atoms with van der Waals surface area (Å²) in [7, 11) is 0. The monoisotopic (exact) mass is 527 g/mol. The number of rotatable bonds is 8. The molecular weight excluding hydrogens is 506 g/mol. The van der Waals surface area contributed by atoms with Crippen molar-refractivity contribution < 1.29 is 9.53 Å². The van der Waals surface area contributed by atoms with Crippen LogP contribution in [0.1, 0.15) is 0 Å². The number of aromatic nitrogens is 4. The molecule has 0 atom stereocenters. The van der Waals surface area contributed by atoms with Crippen LogP contribution in [0.3, 0.4) is 0 Å². The lowest BCUT2D eigenvalue weighted by molar-refractivity contribution is -0.120. The predicted molar refractivity (Wildman–Crippen MR) is 153 cm³/mol. The molecule has 7 nitrogen and oxygen atoms in total. The molecule has 6 rings (SSSR count). The minimum absolute atomic E-state index is 0.337. The number of carbonyl (C=O) groups is 1. The summed E-state index contributed by atoms with van der Waals surface area (Å²) in [6.45, 7) is 0.386. The summed E-state index contributed by atoms with van der Waals surface area (Å²) in [5.74, 6) is 0.764. The largest absolute Gasteiger partial charge is 0.429 e. The Morgan fingerprint density at radius 2 is 1.36 bits per heavy atom. The van der Waals surface area contributed by atoms with Gasteiger partial charge >= 0.3 is 0 Å². The number of carbonyl (C=O) groups excluding carboxylic acids is 1. The molecule has 0 spiro atoms. The van der Waals surface area contributed by atoms with Crippen LogP contribution in [0.5, 0.6) is 5.75 Å². The number of anilines is 3. The number of para-hydroxylation sites is 2. The van der Waals surface area contributed by atoms with Crippen LogP contribution in [0.25, 0.3) is 33.3 Å². The van der Waals surface area contributed by atoms with Crippen molar-refractivity contribution >= 4 is 34.2 Å². The molecule has 39 heavy (non-hydrogen) atoms. The van der Waals surface area contributed by atoms with Crippen molar-refractivity contribution in [3.05, 3.63) is 122 Å². The average molecular weight is 528 g/mol. The topological polar surface area (TPSA) is 81.1 Å². The fraction of sp³-hybridized carbons (Fsp3) is 0. The highest BCUT2D eigenvalue weighted by Crippen LogP contribution is 2.42. The van der Waals surface area contributed by atoms with Crippen LogP contribution in [0, 0.1) is 0 Å². The van der Waals surface area contributed by atoms with Crippen LogP contribution in [0.2, 0.25) is 0 Å². The van der Waals surface area contributed by atoms with Gasteiger partial charge in [-0.3, -0.25) is 9.78 Å². The molecule has 0 aliphatic carbocycles. The van der Waals surface area contributed by atoms with E-state index in [1.54, 1.807) is 48.1 Å². The molecule has 0 bridgehead atoms. The third-order valence-electron chi connectivity index (χ3n) is 5.93. The average Bonchev–Trinajstić information content (AvgIpc) is 3.49. The normalized spacial score (nSPS) is 10.7. The lowest BCUT2D eigenvalue weighted by Crippen LogP contribution is -2.07. The van der Waals surface area contributed by atoms with Gasteiger partial charge in [0.1, 0.15) is 16.4 Å². The number of thiophene rings is 1. The first-order valence-corrected chi connectivity index (χ1v) is 13.0. The second kappa shape index (κ2) is 11.0. The smallest absolute Gasteiger partial charge is 0.298 e. The highest BCUT2D eigenvalue weighted by Gasteiger charge is 2.16. The molecule has 0 radical (unpaired) electrons.